The molecule has 1 N–H and O–H groups in total. The lowest BCUT2D eigenvalue weighted by Crippen LogP contribution is -2.11. The van der Waals surface area contributed by atoms with Crippen molar-refractivity contribution in [3.63, 3.8) is 0 Å². The lowest BCUT2D eigenvalue weighted by atomic mass is 10.1. The van der Waals surface area contributed by atoms with E-state index in [0.29, 0.717) is 5.56 Å². The Balaban J connectivity index is 2.37. The molecule has 2 aromatic rings. The zero-order chi connectivity index (χ0) is 26.7. The van der Waals surface area contributed by atoms with Crippen LogP contribution in [0.15, 0.2) is 93.1 Å². The molecule has 1 unspecified atom stereocenters. The van der Waals surface area contributed by atoms with Gasteiger partial charge in [0.05, 0.1) is 0 Å². The second-order valence-corrected chi connectivity index (χ2v) is 6.72. The van der Waals surface area contributed by atoms with E-state index in [1.165, 1.54) is 48.6 Å². The second-order valence-electron chi connectivity index (χ2n) is 6.72. The predicted molar refractivity (Wildman–Crippen MR) is 131 cm³/mol. The van der Waals surface area contributed by atoms with E-state index in [-0.39, 0.29) is 28.6 Å². The van der Waals surface area contributed by atoms with Crippen molar-refractivity contribution in [1.82, 2.24) is 0 Å². The molecule has 1 atom stereocenters. The van der Waals surface area contributed by atoms with E-state index in [0.717, 1.165) is 24.3 Å². The summed E-state index contributed by atoms with van der Waals surface area (Å²) in [5, 5.41) is 9.67. The molecule has 36 heavy (non-hydrogen) atoms. The van der Waals surface area contributed by atoms with Gasteiger partial charge < -0.3 is 24.1 Å². The number of esters is 3. The Labute approximate surface area is 206 Å². The van der Waals surface area contributed by atoms with Crippen molar-refractivity contribution < 1.29 is 43.2 Å². The Morgan fingerprint density at radius 3 is 1.94 bits per heavy atom. The molecule has 0 bridgehead atoms. The van der Waals surface area contributed by atoms with E-state index in [1.54, 1.807) is 0 Å². The number of hydrogen-bond donors (Lipinski definition) is 1. The van der Waals surface area contributed by atoms with Gasteiger partial charge in [0.15, 0.2) is 17.3 Å². The third-order valence-electron chi connectivity index (χ3n) is 4.16. The summed E-state index contributed by atoms with van der Waals surface area (Å²) in [5.74, 6) is -2.91. The molecule has 9 nitrogen and oxygen atoms in total. The molecular formula is C27H22O9. The molecule has 0 aliphatic rings. The maximum absolute atomic E-state index is 12.8. The van der Waals surface area contributed by atoms with Crippen molar-refractivity contribution >= 4 is 29.8 Å². The smallest absolute Gasteiger partial charge is 0.335 e. The van der Waals surface area contributed by atoms with Crippen LogP contribution < -0.4 is 18.9 Å². The van der Waals surface area contributed by atoms with E-state index >= 15 is 0 Å². The highest BCUT2D eigenvalue weighted by molar-refractivity contribution is 6.07. The molecule has 2 rings (SSSR count). The van der Waals surface area contributed by atoms with Crippen LogP contribution in [0, 0.1) is 0 Å². The molecule has 0 aromatic heterocycles. The van der Waals surface area contributed by atoms with Gasteiger partial charge in [-0.25, -0.2) is 14.4 Å². The molecule has 0 spiro atoms. The fourth-order valence-electron chi connectivity index (χ4n) is 2.56. The maximum atomic E-state index is 12.8. The van der Waals surface area contributed by atoms with Gasteiger partial charge in [0.25, 0.3) is 0 Å². The number of carbonyl (C=O) groups excluding carboxylic acids is 4. The predicted octanol–water partition coefficient (Wildman–Crippen LogP) is 3.74. The molecule has 0 fully saturated rings. The molecule has 2 aromatic carbocycles. The van der Waals surface area contributed by atoms with Crippen LogP contribution >= 0.6 is 0 Å². The monoisotopic (exact) mass is 490 g/mol. The summed E-state index contributed by atoms with van der Waals surface area (Å²) in [6.07, 6.45) is 5.23. The van der Waals surface area contributed by atoms with Crippen molar-refractivity contribution in [2.75, 3.05) is 0 Å². The van der Waals surface area contributed by atoms with Gasteiger partial charge in [0, 0.05) is 29.9 Å². The first kappa shape index (κ1) is 27.2. The highest BCUT2D eigenvalue weighted by Gasteiger charge is 2.15. The van der Waals surface area contributed by atoms with Gasteiger partial charge in [-0.1, -0.05) is 32.4 Å². The van der Waals surface area contributed by atoms with Gasteiger partial charge in [0.1, 0.15) is 11.5 Å². The van der Waals surface area contributed by atoms with Gasteiger partial charge in [0.2, 0.25) is 6.29 Å². The van der Waals surface area contributed by atoms with Crippen LogP contribution in [0.25, 0.3) is 6.08 Å². The van der Waals surface area contributed by atoms with E-state index in [1.807, 2.05) is 0 Å². The zero-order valence-corrected chi connectivity index (χ0v) is 19.0. The minimum Gasteiger partial charge on any atom is -0.461 e. The van der Waals surface area contributed by atoms with Gasteiger partial charge in [-0.3, -0.25) is 4.79 Å². The summed E-state index contributed by atoms with van der Waals surface area (Å²) < 4.78 is 20.5. The molecular weight excluding hydrogens is 468 g/mol. The number of aliphatic hydroxyl groups is 1. The zero-order valence-electron chi connectivity index (χ0n) is 19.0. The average molecular weight is 490 g/mol. The van der Waals surface area contributed by atoms with E-state index in [9.17, 15) is 24.3 Å². The number of aliphatic hydroxyl groups excluding tert-OH is 1. The summed E-state index contributed by atoms with van der Waals surface area (Å²) in [5.41, 5.74) is 0.489. The van der Waals surface area contributed by atoms with Gasteiger partial charge in [-0.05, 0) is 48.0 Å². The Morgan fingerprint density at radius 1 is 0.750 bits per heavy atom. The fraction of sp³-hybridized carbons (Fsp3) is 0.0370. The van der Waals surface area contributed by atoms with Crippen LogP contribution in [0.2, 0.25) is 0 Å². The van der Waals surface area contributed by atoms with Crippen LogP contribution in [-0.4, -0.2) is 35.1 Å². The van der Waals surface area contributed by atoms with Crippen molar-refractivity contribution in [3.8, 4) is 23.0 Å². The van der Waals surface area contributed by atoms with E-state index < -0.39 is 30.0 Å². The first-order valence-corrected chi connectivity index (χ1v) is 10.2. The van der Waals surface area contributed by atoms with Crippen molar-refractivity contribution in [2.45, 2.75) is 6.29 Å². The summed E-state index contributed by atoms with van der Waals surface area (Å²) in [6.45, 7) is 13.3. The molecule has 184 valence electrons. The minimum absolute atomic E-state index is 0.0766. The Hall–Kier alpha value is -5.02. The van der Waals surface area contributed by atoms with E-state index in [4.69, 9.17) is 18.9 Å². The lowest BCUT2D eigenvalue weighted by Gasteiger charge is -2.12. The molecule has 0 aliphatic carbocycles. The summed E-state index contributed by atoms with van der Waals surface area (Å²) in [7, 11) is 0. The first-order chi connectivity index (χ1) is 17.2. The highest BCUT2D eigenvalue weighted by Crippen LogP contribution is 2.30. The first-order valence-electron chi connectivity index (χ1n) is 10.2. The van der Waals surface area contributed by atoms with Crippen LogP contribution in [0.1, 0.15) is 15.9 Å². The number of rotatable bonds is 12. The molecule has 0 saturated carbocycles. The average Bonchev–Trinajstić information content (AvgIpc) is 2.87. The SMILES string of the molecule is C=CC(=O)Oc1cc(/C=C/C(=O)c2ccc(OC(=O)C=C)c(OC(=O)C=C)c2)cc(OC(O)C=C)c1. The second kappa shape index (κ2) is 13.0. The van der Waals surface area contributed by atoms with Crippen LogP contribution in [0.4, 0.5) is 0 Å². The molecule has 9 heteroatoms. The summed E-state index contributed by atoms with van der Waals surface area (Å²) in [6, 6.07) is 8.16. The molecule has 0 heterocycles. The van der Waals surface area contributed by atoms with Crippen molar-refractivity contribution in [2.24, 2.45) is 0 Å². The molecule has 0 radical (unpaired) electrons. The highest BCUT2D eigenvalue weighted by atomic mass is 16.6. The normalized spacial score (nSPS) is 11.0. The fourth-order valence-corrected chi connectivity index (χ4v) is 2.56. The Morgan fingerprint density at radius 2 is 1.33 bits per heavy atom. The van der Waals surface area contributed by atoms with Crippen LogP contribution in [-0.2, 0) is 14.4 Å². The number of benzene rings is 2. The van der Waals surface area contributed by atoms with E-state index in [2.05, 4.69) is 26.3 Å². The van der Waals surface area contributed by atoms with Gasteiger partial charge in [-0.2, -0.15) is 0 Å². The minimum atomic E-state index is -1.32. The van der Waals surface area contributed by atoms with Crippen molar-refractivity contribution in [3.05, 3.63) is 104 Å². The number of ether oxygens (including phenoxy) is 4. The Kier molecular flexibility index (Phi) is 9.84. The standard InChI is InChI=1S/C27H22O9/c1-5-24(29)33-19-13-17(14-20(16-19)34-25(30)6-2)9-11-21(28)18-10-12-22(35-26(31)7-3)23(15-18)36-27(32)8-4/h5-16,24,29H,1-4H2/b11-9+. The number of hydrogen-bond acceptors (Lipinski definition) is 9. The summed E-state index contributed by atoms with van der Waals surface area (Å²) in [4.78, 5) is 47.6. The largest absolute Gasteiger partial charge is 0.461 e. The third kappa shape index (κ3) is 8.08. The number of carbonyl (C=O) groups is 4. The molecule has 0 aliphatic heterocycles. The van der Waals surface area contributed by atoms with Gasteiger partial charge in [-0.15, -0.1) is 0 Å². The number of allylic oxidation sites excluding steroid dienone is 1. The quantitative estimate of drug-likeness (QED) is 0.118. The topological polar surface area (TPSA) is 125 Å². The van der Waals surface area contributed by atoms with Crippen molar-refractivity contribution in [1.29, 1.82) is 0 Å². The van der Waals surface area contributed by atoms with Crippen LogP contribution in [0.3, 0.4) is 0 Å². The Bertz CT molecular complexity index is 1250. The number of ketones is 1. The third-order valence-corrected chi connectivity index (χ3v) is 4.16. The molecule has 0 saturated heterocycles. The van der Waals surface area contributed by atoms with Gasteiger partial charge >= 0.3 is 17.9 Å². The molecule has 0 amide bonds. The summed E-state index contributed by atoms with van der Waals surface area (Å²) >= 11 is 0. The lowest BCUT2D eigenvalue weighted by molar-refractivity contribution is -0.131. The van der Waals surface area contributed by atoms with Crippen LogP contribution in [0.5, 0.6) is 23.0 Å². The maximum Gasteiger partial charge on any atom is 0.335 e.